The van der Waals surface area contributed by atoms with Gasteiger partial charge in [0.1, 0.15) is 6.04 Å². The number of hydrogen-bond acceptors (Lipinski definition) is 3. The first-order valence-corrected chi connectivity index (χ1v) is 5.80. The van der Waals surface area contributed by atoms with Gasteiger partial charge >= 0.3 is 0 Å². The van der Waals surface area contributed by atoms with Crippen LogP contribution in [-0.2, 0) is 16.1 Å². The topological polar surface area (TPSA) is 66.5 Å². The van der Waals surface area contributed by atoms with Crippen molar-refractivity contribution in [3.63, 3.8) is 0 Å². The minimum Gasteiger partial charge on any atom is -0.322 e. The highest BCUT2D eigenvalue weighted by Gasteiger charge is 2.38. The number of fused-ring (bicyclic) bond motifs is 1. The van der Waals surface area contributed by atoms with E-state index in [0.717, 1.165) is 5.56 Å². The Balaban J connectivity index is 1.86. The third-order valence-corrected chi connectivity index (χ3v) is 3.37. The predicted octanol–water partition coefficient (Wildman–Crippen LogP) is 0.248. The average molecular weight is 243 g/mol. The zero-order chi connectivity index (χ0) is 12.7. The van der Waals surface area contributed by atoms with Crippen LogP contribution in [-0.4, -0.2) is 28.7 Å². The Kier molecular flexibility index (Phi) is 2.40. The molecule has 1 unspecified atom stereocenters. The summed E-state index contributed by atoms with van der Waals surface area (Å²) in [4.78, 5) is 36.5. The Bertz CT molecular complexity index is 553. The molecule has 3 amide bonds. The van der Waals surface area contributed by atoms with Crippen LogP contribution in [0.25, 0.3) is 0 Å². The van der Waals surface area contributed by atoms with E-state index in [0.29, 0.717) is 18.5 Å². The predicted molar refractivity (Wildman–Crippen MR) is 61.3 cm³/mol. The van der Waals surface area contributed by atoms with Gasteiger partial charge in [-0.25, -0.2) is 0 Å². The molecular formula is C13H11N2O3. The average Bonchev–Trinajstić information content (AvgIpc) is 2.68. The van der Waals surface area contributed by atoms with Crippen molar-refractivity contribution in [3.8, 4) is 0 Å². The lowest BCUT2D eigenvalue weighted by molar-refractivity contribution is -0.136. The van der Waals surface area contributed by atoms with E-state index >= 15 is 0 Å². The van der Waals surface area contributed by atoms with Gasteiger partial charge in [0.2, 0.25) is 11.8 Å². The number of carbonyl (C=O) groups is 3. The Labute approximate surface area is 104 Å². The first-order valence-electron chi connectivity index (χ1n) is 5.80. The van der Waals surface area contributed by atoms with Gasteiger partial charge in [-0.05, 0) is 24.1 Å². The van der Waals surface area contributed by atoms with Crippen molar-refractivity contribution in [1.82, 2.24) is 10.2 Å². The van der Waals surface area contributed by atoms with Crippen LogP contribution in [0.2, 0.25) is 0 Å². The fraction of sp³-hybridized carbons (Fsp3) is 0.308. The summed E-state index contributed by atoms with van der Waals surface area (Å²) in [6.07, 6.45) is 0.677. The first-order chi connectivity index (χ1) is 8.66. The largest absolute Gasteiger partial charge is 0.322 e. The molecule has 0 bridgehead atoms. The lowest BCUT2D eigenvalue weighted by Crippen LogP contribution is -2.52. The standard InChI is InChI=1S/C13H11N2O3/c16-11-6-5-10(12(17)14-11)15-7-8-3-1-2-4-9(8)13(15)18/h1,3-4,10H,5-7H2,(H,14,16,17). The van der Waals surface area contributed by atoms with Gasteiger partial charge < -0.3 is 4.90 Å². The van der Waals surface area contributed by atoms with E-state index in [1.54, 1.807) is 12.1 Å². The number of piperidine rings is 1. The SMILES string of the molecule is O=C1CCC(N2Cc3cc[c]cc3C2=O)C(=O)N1. The smallest absolute Gasteiger partial charge is 0.255 e. The Morgan fingerprint density at radius 1 is 1.33 bits per heavy atom. The molecule has 1 saturated heterocycles. The van der Waals surface area contributed by atoms with Crippen LogP contribution in [0.15, 0.2) is 18.2 Å². The van der Waals surface area contributed by atoms with Crippen molar-refractivity contribution < 1.29 is 14.4 Å². The second-order valence-corrected chi connectivity index (χ2v) is 4.48. The number of benzene rings is 1. The Hall–Kier alpha value is -2.17. The van der Waals surface area contributed by atoms with Crippen LogP contribution in [0.1, 0.15) is 28.8 Å². The summed E-state index contributed by atoms with van der Waals surface area (Å²) in [7, 11) is 0. The summed E-state index contributed by atoms with van der Waals surface area (Å²) < 4.78 is 0. The van der Waals surface area contributed by atoms with E-state index in [2.05, 4.69) is 11.4 Å². The molecule has 2 aliphatic heterocycles. The van der Waals surface area contributed by atoms with Gasteiger partial charge in [-0.3, -0.25) is 19.7 Å². The second-order valence-electron chi connectivity index (χ2n) is 4.48. The maximum Gasteiger partial charge on any atom is 0.255 e. The molecule has 5 heteroatoms. The summed E-state index contributed by atoms with van der Waals surface area (Å²) in [6.45, 7) is 0.426. The lowest BCUT2D eigenvalue weighted by atomic mass is 10.0. The minimum absolute atomic E-state index is 0.156. The van der Waals surface area contributed by atoms with Crippen molar-refractivity contribution in [2.75, 3.05) is 0 Å². The molecule has 18 heavy (non-hydrogen) atoms. The molecule has 2 heterocycles. The van der Waals surface area contributed by atoms with Gasteiger partial charge in [0.15, 0.2) is 0 Å². The van der Waals surface area contributed by atoms with Gasteiger partial charge in [0, 0.05) is 18.5 Å². The molecule has 1 N–H and O–H groups in total. The first kappa shape index (κ1) is 11.0. The van der Waals surface area contributed by atoms with Crippen LogP contribution < -0.4 is 5.32 Å². The van der Waals surface area contributed by atoms with Gasteiger partial charge in [0.05, 0.1) is 0 Å². The number of rotatable bonds is 1. The van der Waals surface area contributed by atoms with Crippen LogP contribution in [0.4, 0.5) is 0 Å². The number of imide groups is 1. The fourth-order valence-electron chi connectivity index (χ4n) is 2.44. The molecule has 0 aromatic heterocycles. The van der Waals surface area contributed by atoms with E-state index in [9.17, 15) is 14.4 Å². The Morgan fingerprint density at radius 3 is 2.89 bits per heavy atom. The summed E-state index contributed by atoms with van der Waals surface area (Å²) in [5.41, 5.74) is 1.51. The molecule has 0 aliphatic carbocycles. The summed E-state index contributed by atoms with van der Waals surface area (Å²) in [6, 6.07) is 7.55. The van der Waals surface area contributed by atoms with Gasteiger partial charge in [0.25, 0.3) is 5.91 Å². The molecule has 1 aromatic rings. The van der Waals surface area contributed by atoms with E-state index in [1.807, 2.05) is 6.07 Å². The summed E-state index contributed by atoms with van der Waals surface area (Å²) in [5.74, 6) is -0.804. The van der Waals surface area contributed by atoms with E-state index in [1.165, 1.54) is 4.90 Å². The number of nitrogens with one attached hydrogen (secondary N) is 1. The van der Waals surface area contributed by atoms with E-state index < -0.39 is 6.04 Å². The maximum absolute atomic E-state index is 12.2. The van der Waals surface area contributed by atoms with Crippen molar-refractivity contribution >= 4 is 17.7 Å². The monoisotopic (exact) mass is 243 g/mol. The van der Waals surface area contributed by atoms with E-state index in [-0.39, 0.29) is 24.1 Å². The van der Waals surface area contributed by atoms with Crippen LogP contribution >= 0.6 is 0 Å². The molecule has 1 aromatic carbocycles. The van der Waals surface area contributed by atoms with Crippen molar-refractivity contribution in [3.05, 3.63) is 35.4 Å². The van der Waals surface area contributed by atoms with E-state index in [4.69, 9.17) is 0 Å². The molecule has 5 nitrogen and oxygen atoms in total. The minimum atomic E-state index is -0.539. The number of hydrogen-bond donors (Lipinski definition) is 1. The maximum atomic E-state index is 12.2. The summed E-state index contributed by atoms with van der Waals surface area (Å²) in [5, 5.41) is 2.27. The van der Waals surface area contributed by atoms with Crippen molar-refractivity contribution in [1.29, 1.82) is 0 Å². The van der Waals surface area contributed by atoms with Gasteiger partial charge in [-0.15, -0.1) is 0 Å². The number of nitrogens with zero attached hydrogens (tertiary/aromatic N) is 1. The summed E-state index contributed by atoms with van der Waals surface area (Å²) >= 11 is 0. The van der Waals surface area contributed by atoms with Crippen molar-refractivity contribution in [2.45, 2.75) is 25.4 Å². The second kappa shape index (κ2) is 3.94. The molecular weight excluding hydrogens is 232 g/mol. The molecule has 0 saturated carbocycles. The highest BCUT2D eigenvalue weighted by atomic mass is 16.2. The number of carbonyl (C=O) groups excluding carboxylic acids is 3. The molecule has 1 atom stereocenters. The highest BCUT2D eigenvalue weighted by molar-refractivity contribution is 6.05. The molecule has 1 fully saturated rings. The van der Waals surface area contributed by atoms with Crippen LogP contribution in [0, 0.1) is 6.07 Å². The van der Waals surface area contributed by atoms with Crippen LogP contribution in [0.5, 0.6) is 0 Å². The lowest BCUT2D eigenvalue weighted by Gasteiger charge is -2.29. The Morgan fingerprint density at radius 2 is 2.17 bits per heavy atom. The highest BCUT2D eigenvalue weighted by Crippen LogP contribution is 2.26. The molecule has 3 rings (SSSR count). The van der Waals surface area contributed by atoms with Gasteiger partial charge in [-0.2, -0.15) is 0 Å². The fourth-order valence-corrected chi connectivity index (χ4v) is 2.44. The molecule has 1 radical (unpaired) electrons. The molecule has 2 aliphatic rings. The molecule has 91 valence electrons. The van der Waals surface area contributed by atoms with Crippen LogP contribution in [0.3, 0.4) is 0 Å². The third kappa shape index (κ3) is 1.59. The van der Waals surface area contributed by atoms with Crippen molar-refractivity contribution in [2.24, 2.45) is 0 Å². The van der Waals surface area contributed by atoms with Gasteiger partial charge in [-0.1, -0.05) is 12.1 Å². The zero-order valence-electron chi connectivity index (χ0n) is 9.60. The third-order valence-electron chi connectivity index (χ3n) is 3.37. The zero-order valence-corrected chi connectivity index (χ0v) is 9.60. The quantitative estimate of drug-likeness (QED) is 0.719. The number of amides is 3. The normalized spacial score (nSPS) is 23.0. The molecule has 0 spiro atoms.